The Hall–Kier alpha value is -2.26. The van der Waals surface area contributed by atoms with Crippen molar-refractivity contribution >= 4 is 27.7 Å². The van der Waals surface area contributed by atoms with Gasteiger partial charge in [0, 0.05) is 5.69 Å². The van der Waals surface area contributed by atoms with Gasteiger partial charge in [0.2, 0.25) is 11.9 Å². The molecule has 0 spiro atoms. The third kappa shape index (κ3) is 4.44. The van der Waals surface area contributed by atoms with Crippen molar-refractivity contribution in [1.29, 1.82) is 0 Å². The van der Waals surface area contributed by atoms with E-state index in [9.17, 15) is 8.42 Å². The van der Waals surface area contributed by atoms with Crippen LogP contribution < -0.4 is 10.6 Å². The van der Waals surface area contributed by atoms with E-state index in [4.69, 9.17) is 4.55 Å². The molecular weight excluding hydrogens is 282 g/mol. The quantitative estimate of drug-likeness (QED) is 0.704. The number of hydrogen-bond acceptors (Lipinski definition) is 7. The minimum atomic E-state index is -4.14. The molecule has 1 heterocycles. The van der Waals surface area contributed by atoms with E-state index in [-0.39, 0.29) is 11.9 Å². The summed E-state index contributed by atoms with van der Waals surface area (Å²) in [6.45, 7) is 1.65. The average molecular weight is 295 g/mol. The Kier molecular flexibility index (Phi) is 4.11. The van der Waals surface area contributed by atoms with Crippen LogP contribution in [0.1, 0.15) is 5.82 Å². The lowest BCUT2D eigenvalue weighted by atomic mass is 10.3. The van der Waals surface area contributed by atoms with Crippen molar-refractivity contribution in [2.24, 2.45) is 0 Å². The van der Waals surface area contributed by atoms with Gasteiger partial charge < -0.3 is 10.6 Å². The number of nitrogens with one attached hydrogen (secondary N) is 2. The van der Waals surface area contributed by atoms with Crippen LogP contribution in [-0.4, -0.2) is 33.8 Å². The zero-order valence-corrected chi connectivity index (χ0v) is 11.4. The molecule has 9 heteroatoms. The summed E-state index contributed by atoms with van der Waals surface area (Å²) in [5, 5.41) is 5.38. The Morgan fingerprint density at radius 1 is 1.10 bits per heavy atom. The van der Waals surface area contributed by atoms with Gasteiger partial charge in [0.15, 0.2) is 0 Å². The maximum Gasteiger partial charge on any atom is 0.283 e. The van der Waals surface area contributed by atoms with Crippen molar-refractivity contribution in [3.05, 3.63) is 36.2 Å². The summed E-state index contributed by atoms with van der Waals surface area (Å²) < 4.78 is 30.0. The smallest absolute Gasteiger partial charge is 0.283 e. The maximum absolute atomic E-state index is 10.7. The van der Waals surface area contributed by atoms with E-state index in [0.29, 0.717) is 5.82 Å². The van der Waals surface area contributed by atoms with Gasteiger partial charge in [-0.2, -0.15) is 23.4 Å². The highest BCUT2D eigenvalue weighted by molar-refractivity contribution is 7.85. The Labute approximate surface area is 116 Å². The lowest BCUT2D eigenvalue weighted by Crippen LogP contribution is -2.16. The Morgan fingerprint density at radius 2 is 1.75 bits per heavy atom. The van der Waals surface area contributed by atoms with E-state index in [0.717, 1.165) is 5.69 Å². The maximum atomic E-state index is 10.7. The van der Waals surface area contributed by atoms with Crippen LogP contribution >= 0.6 is 0 Å². The number of anilines is 3. The van der Waals surface area contributed by atoms with Gasteiger partial charge >= 0.3 is 0 Å². The number of para-hydroxylation sites is 1. The molecule has 0 amide bonds. The summed E-state index contributed by atoms with van der Waals surface area (Å²) in [7, 11) is -4.14. The van der Waals surface area contributed by atoms with Crippen molar-refractivity contribution in [3.63, 3.8) is 0 Å². The second-order valence-electron chi connectivity index (χ2n) is 3.92. The molecule has 0 fully saturated rings. The summed E-state index contributed by atoms with van der Waals surface area (Å²) in [6.07, 6.45) is 0. The topological polar surface area (TPSA) is 117 Å². The molecule has 0 atom stereocenters. The van der Waals surface area contributed by atoms with E-state index >= 15 is 0 Å². The van der Waals surface area contributed by atoms with Crippen LogP contribution in [-0.2, 0) is 10.1 Å². The number of aromatic nitrogens is 3. The highest BCUT2D eigenvalue weighted by atomic mass is 32.2. The van der Waals surface area contributed by atoms with Crippen molar-refractivity contribution < 1.29 is 13.0 Å². The molecule has 2 aromatic rings. The van der Waals surface area contributed by atoms with Crippen LogP contribution in [0.15, 0.2) is 30.3 Å². The molecule has 0 saturated carbocycles. The largest absolute Gasteiger partial charge is 0.338 e. The van der Waals surface area contributed by atoms with Crippen molar-refractivity contribution in [2.75, 3.05) is 16.5 Å². The molecule has 2 rings (SSSR count). The first-order chi connectivity index (χ1) is 9.42. The normalized spacial score (nSPS) is 11.1. The Morgan fingerprint density at radius 3 is 2.40 bits per heavy atom. The summed E-state index contributed by atoms with van der Waals surface area (Å²) in [5.74, 6) is 0.0904. The summed E-state index contributed by atoms with van der Waals surface area (Å²) >= 11 is 0. The van der Waals surface area contributed by atoms with E-state index < -0.39 is 16.0 Å². The number of benzene rings is 1. The molecule has 3 N–H and O–H groups in total. The SMILES string of the molecule is Cc1nc(NCS(=O)(=O)O)nc(Nc2ccccc2)n1. The first-order valence-electron chi connectivity index (χ1n) is 5.66. The van der Waals surface area contributed by atoms with Crippen molar-refractivity contribution in [1.82, 2.24) is 15.0 Å². The number of aryl methyl sites for hydroxylation is 1. The lowest BCUT2D eigenvalue weighted by molar-refractivity contribution is 0.485. The predicted octanol–water partition coefficient (Wildman–Crippen LogP) is 1.18. The van der Waals surface area contributed by atoms with Crippen LogP contribution in [0.4, 0.5) is 17.6 Å². The monoisotopic (exact) mass is 295 g/mol. The highest BCUT2D eigenvalue weighted by Gasteiger charge is 2.08. The van der Waals surface area contributed by atoms with Gasteiger partial charge in [-0.25, -0.2) is 0 Å². The molecule has 106 valence electrons. The van der Waals surface area contributed by atoms with Gasteiger partial charge in [-0.1, -0.05) is 18.2 Å². The van der Waals surface area contributed by atoms with Crippen molar-refractivity contribution in [3.8, 4) is 0 Å². The third-order valence-electron chi connectivity index (χ3n) is 2.19. The number of hydrogen-bond donors (Lipinski definition) is 3. The molecule has 0 saturated heterocycles. The molecule has 0 aliphatic rings. The second-order valence-corrected chi connectivity index (χ2v) is 5.38. The van der Waals surface area contributed by atoms with Crippen LogP contribution in [0.2, 0.25) is 0 Å². The summed E-state index contributed by atoms with van der Waals surface area (Å²) in [5.41, 5.74) is 0.791. The van der Waals surface area contributed by atoms with E-state index in [1.54, 1.807) is 6.92 Å². The Balaban J connectivity index is 2.16. The molecule has 20 heavy (non-hydrogen) atoms. The molecule has 1 aromatic heterocycles. The predicted molar refractivity (Wildman–Crippen MR) is 74.3 cm³/mol. The minimum Gasteiger partial charge on any atom is -0.338 e. The van der Waals surface area contributed by atoms with Gasteiger partial charge in [-0.15, -0.1) is 0 Å². The lowest BCUT2D eigenvalue weighted by Gasteiger charge is -2.08. The molecule has 1 aromatic carbocycles. The molecule has 8 nitrogen and oxygen atoms in total. The van der Waals surface area contributed by atoms with E-state index in [1.807, 2.05) is 30.3 Å². The fourth-order valence-corrected chi connectivity index (χ4v) is 1.73. The standard InChI is InChI=1S/C11H13N5O3S/c1-8-13-10(12-7-20(17,18)19)16-11(14-8)15-9-5-3-2-4-6-9/h2-6H,7H2,1H3,(H,17,18,19)(H2,12,13,14,15,16). The molecule has 0 bridgehead atoms. The Bertz CT molecular complexity index is 690. The molecule has 0 radical (unpaired) electrons. The van der Waals surface area contributed by atoms with Gasteiger partial charge in [0.25, 0.3) is 10.1 Å². The zero-order chi connectivity index (χ0) is 14.6. The van der Waals surface area contributed by atoms with E-state index in [2.05, 4.69) is 25.6 Å². The average Bonchev–Trinajstić information content (AvgIpc) is 2.36. The molecule has 0 unspecified atom stereocenters. The van der Waals surface area contributed by atoms with E-state index in [1.165, 1.54) is 0 Å². The molecule has 0 aliphatic heterocycles. The first-order valence-corrected chi connectivity index (χ1v) is 7.27. The molecular formula is C11H13N5O3S. The summed E-state index contributed by atoms with van der Waals surface area (Å²) in [4.78, 5) is 12.0. The van der Waals surface area contributed by atoms with Crippen molar-refractivity contribution in [2.45, 2.75) is 6.92 Å². The van der Waals surface area contributed by atoms with Gasteiger partial charge in [0.05, 0.1) is 0 Å². The van der Waals surface area contributed by atoms with Crippen LogP contribution in [0.3, 0.4) is 0 Å². The van der Waals surface area contributed by atoms with Crippen LogP contribution in [0.5, 0.6) is 0 Å². The van der Waals surface area contributed by atoms with Gasteiger partial charge in [-0.05, 0) is 19.1 Å². The first kappa shape index (κ1) is 14.2. The fraction of sp³-hybridized carbons (Fsp3) is 0.182. The second kappa shape index (κ2) is 5.80. The van der Waals surface area contributed by atoms with Crippen LogP contribution in [0.25, 0.3) is 0 Å². The van der Waals surface area contributed by atoms with Gasteiger partial charge in [0.1, 0.15) is 11.7 Å². The third-order valence-corrected chi connectivity index (χ3v) is 2.70. The molecule has 0 aliphatic carbocycles. The fourth-order valence-electron chi connectivity index (χ4n) is 1.42. The number of rotatable bonds is 5. The number of nitrogens with zero attached hydrogens (tertiary/aromatic N) is 3. The summed E-state index contributed by atoms with van der Waals surface area (Å²) in [6, 6.07) is 9.26. The van der Waals surface area contributed by atoms with Crippen LogP contribution in [0, 0.1) is 6.92 Å². The minimum absolute atomic E-state index is 0.0635. The highest BCUT2D eigenvalue weighted by Crippen LogP contribution is 2.13. The van der Waals surface area contributed by atoms with Gasteiger partial charge in [-0.3, -0.25) is 4.55 Å². The zero-order valence-electron chi connectivity index (χ0n) is 10.6.